The molecule has 0 atom stereocenters. The first-order chi connectivity index (χ1) is 8.59. The molecule has 0 bridgehead atoms. The van der Waals surface area contributed by atoms with Crippen molar-refractivity contribution in [1.29, 1.82) is 0 Å². The van der Waals surface area contributed by atoms with Crippen LogP contribution in [0.3, 0.4) is 0 Å². The highest BCUT2D eigenvalue weighted by Crippen LogP contribution is 2.14. The minimum Gasteiger partial charge on any atom is -0.478 e. The minimum atomic E-state index is -1.12. The third kappa shape index (κ3) is 2.32. The van der Waals surface area contributed by atoms with E-state index in [2.05, 4.69) is 0 Å². The fourth-order valence-electron chi connectivity index (χ4n) is 1.70. The Bertz CT molecular complexity index is 620. The molecule has 4 heteroatoms. The molecule has 0 unspecified atom stereocenters. The molecule has 2 radical (unpaired) electrons. The second-order valence-corrected chi connectivity index (χ2v) is 3.81. The third-order valence-electron chi connectivity index (χ3n) is 2.55. The van der Waals surface area contributed by atoms with Crippen molar-refractivity contribution in [3.05, 3.63) is 65.2 Å². The van der Waals surface area contributed by atoms with E-state index in [-0.39, 0.29) is 16.9 Å². The highest BCUT2D eigenvalue weighted by atomic mass is 16.4. The Hall–Kier alpha value is -2.36. The number of carbonyl (C=O) groups is 2. The molecule has 1 N–H and O–H groups in total. The van der Waals surface area contributed by atoms with Crippen molar-refractivity contribution in [3.8, 4) is 0 Å². The molecular weight excluding hydrogens is 227 g/mol. The highest BCUT2D eigenvalue weighted by molar-refractivity contribution is 6.33. The average Bonchev–Trinajstić information content (AvgIpc) is 2.38. The van der Waals surface area contributed by atoms with Gasteiger partial charge in [-0.2, -0.15) is 0 Å². The molecule has 2 aromatic rings. The van der Waals surface area contributed by atoms with Gasteiger partial charge in [-0.1, -0.05) is 47.9 Å². The molecule has 86 valence electrons. The summed E-state index contributed by atoms with van der Waals surface area (Å²) in [5, 5.41) is 9.04. The zero-order valence-electron chi connectivity index (χ0n) is 9.46. The fourth-order valence-corrected chi connectivity index (χ4v) is 1.70. The van der Waals surface area contributed by atoms with E-state index in [0.29, 0.717) is 11.0 Å². The van der Waals surface area contributed by atoms with Crippen molar-refractivity contribution >= 4 is 25.1 Å². The van der Waals surface area contributed by atoms with Gasteiger partial charge in [0.15, 0.2) is 5.78 Å². The Kier molecular flexibility index (Phi) is 3.28. The number of carboxylic acid groups (broad SMARTS) is 1. The Morgan fingerprint density at radius 2 is 1.61 bits per heavy atom. The molecule has 0 saturated carbocycles. The zero-order chi connectivity index (χ0) is 13.1. The molecule has 0 saturated heterocycles. The lowest BCUT2D eigenvalue weighted by molar-refractivity contribution is 0.0693. The Morgan fingerprint density at radius 3 is 2.22 bits per heavy atom. The van der Waals surface area contributed by atoms with E-state index in [1.54, 1.807) is 30.3 Å². The van der Waals surface area contributed by atoms with Gasteiger partial charge >= 0.3 is 5.97 Å². The monoisotopic (exact) mass is 236 g/mol. The van der Waals surface area contributed by atoms with E-state index in [1.165, 1.54) is 18.2 Å². The predicted molar refractivity (Wildman–Crippen MR) is 68.7 cm³/mol. The molecule has 18 heavy (non-hydrogen) atoms. The third-order valence-corrected chi connectivity index (χ3v) is 2.55. The standard InChI is InChI=1S/C14H9BO3/c15-10-5-3-4-9(8-10)13(16)11-6-1-2-7-12(11)14(17)18/h1-8H,(H,17,18). The summed E-state index contributed by atoms with van der Waals surface area (Å²) in [5.74, 6) is -1.47. The Balaban J connectivity index is 2.50. The summed E-state index contributed by atoms with van der Waals surface area (Å²) >= 11 is 0. The van der Waals surface area contributed by atoms with Crippen LogP contribution in [0.2, 0.25) is 0 Å². The number of hydrogen-bond donors (Lipinski definition) is 1. The largest absolute Gasteiger partial charge is 0.478 e. The molecule has 0 fully saturated rings. The van der Waals surface area contributed by atoms with Crippen LogP contribution < -0.4 is 5.46 Å². The number of carbonyl (C=O) groups excluding carboxylic acids is 1. The molecule has 0 aromatic heterocycles. The van der Waals surface area contributed by atoms with Crippen LogP contribution in [0, 0.1) is 0 Å². The number of rotatable bonds is 3. The summed E-state index contributed by atoms with van der Waals surface area (Å²) in [6, 6.07) is 12.6. The normalized spacial score (nSPS) is 10.0. The van der Waals surface area contributed by atoms with E-state index in [4.69, 9.17) is 13.0 Å². The van der Waals surface area contributed by atoms with Crippen molar-refractivity contribution in [2.45, 2.75) is 0 Å². The predicted octanol–water partition coefficient (Wildman–Crippen LogP) is 1.41. The van der Waals surface area contributed by atoms with Crippen molar-refractivity contribution in [2.24, 2.45) is 0 Å². The summed E-state index contributed by atoms with van der Waals surface area (Å²) < 4.78 is 0. The van der Waals surface area contributed by atoms with Crippen LogP contribution in [0.1, 0.15) is 26.3 Å². The molecule has 2 rings (SSSR count). The first-order valence-corrected chi connectivity index (χ1v) is 5.32. The molecule has 2 aromatic carbocycles. The number of ketones is 1. The van der Waals surface area contributed by atoms with Gasteiger partial charge in [-0.05, 0) is 6.07 Å². The summed E-state index contributed by atoms with van der Waals surface area (Å²) in [4.78, 5) is 23.3. The maximum Gasteiger partial charge on any atom is 0.336 e. The molecule has 0 heterocycles. The van der Waals surface area contributed by atoms with Gasteiger partial charge in [0.05, 0.1) is 5.56 Å². The zero-order valence-corrected chi connectivity index (χ0v) is 9.46. The SMILES string of the molecule is [B]c1cccc(C(=O)c2ccccc2C(=O)O)c1. The van der Waals surface area contributed by atoms with Gasteiger partial charge in [0, 0.05) is 11.1 Å². The fraction of sp³-hybridized carbons (Fsp3) is 0. The highest BCUT2D eigenvalue weighted by Gasteiger charge is 2.16. The lowest BCUT2D eigenvalue weighted by Gasteiger charge is -2.05. The summed E-state index contributed by atoms with van der Waals surface area (Å²) in [6.45, 7) is 0. The van der Waals surface area contributed by atoms with Crippen LogP contribution >= 0.6 is 0 Å². The summed E-state index contributed by atoms with van der Waals surface area (Å²) in [5.41, 5.74) is 0.998. The van der Waals surface area contributed by atoms with E-state index in [0.717, 1.165) is 0 Å². The molecule has 0 aliphatic rings. The maximum atomic E-state index is 12.2. The van der Waals surface area contributed by atoms with Crippen LogP contribution in [0.4, 0.5) is 0 Å². The molecule has 0 amide bonds. The number of aromatic carboxylic acids is 1. The Morgan fingerprint density at radius 1 is 0.944 bits per heavy atom. The van der Waals surface area contributed by atoms with Crippen LogP contribution in [0.25, 0.3) is 0 Å². The smallest absolute Gasteiger partial charge is 0.336 e. The van der Waals surface area contributed by atoms with Crippen molar-refractivity contribution in [3.63, 3.8) is 0 Å². The number of carboxylic acids is 1. The lowest BCUT2D eigenvalue weighted by Crippen LogP contribution is -2.12. The van der Waals surface area contributed by atoms with Crippen molar-refractivity contribution in [2.75, 3.05) is 0 Å². The quantitative estimate of drug-likeness (QED) is 0.647. The van der Waals surface area contributed by atoms with E-state index >= 15 is 0 Å². The van der Waals surface area contributed by atoms with Gasteiger partial charge in [0.25, 0.3) is 0 Å². The molecule has 0 aliphatic carbocycles. The number of benzene rings is 2. The van der Waals surface area contributed by atoms with Crippen molar-refractivity contribution < 1.29 is 14.7 Å². The van der Waals surface area contributed by atoms with Gasteiger partial charge in [0.1, 0.15) is 7.85 Å². The average molecular weight is 236 g/mol. The van der Waals surface area contributed by atoms with E-state index in [1.807, 2.05) is 0 Å². The second kappa shape index (κ2) is 4.88. The van der Waals surface area contributed by atoms with Gasteiger partial charge in [-0.25, -0.2) is 4.79 Å². The van der Waals surface area contributed by atoms with Gasteiger partial charge in [-0.15, -0.1) is 0 Å². The van der Waals surface area contributed by atoms with Gasteiger partial charge < -0.3 is 5.11 Å². The molecular formula is C14H9BO3. The molecule has 0 spiro atoms. The minimum absolute atomic E-state index is 0.00933. The Labute approximate surface area is 105 Å². The van der Waals surface area contributed by atoms with Gasteiger partial charge in [-0.3, -0.25) is 4.79 Å². The van der Waals surface area contributed by atoms with Crippen LogP contribution in [-0.4, -0.2) is 24.7 Å². The first kappa shape index (κ1) is 12.1. The number of hydrogen-bond acceptors (Lipinski definition) is 2. The topological polar surface area (TPSA) is 54.4 Å². The van der Waals surface area contributed by atoms with E-state index < -0.39 is 5.97 Å². The summed E-state index contributed by atoms with van der Waals surface area (Å²) in [7, 11) is 5.60. The maximum absolute atomic E-state index is 12.2. The van der Waals surface area contributed by atoms with E-state index in [9.17, 15) is 9.59 Å². The molecule has 3 nitrogen and oxygen atoms in total. The van der Waals surface area contributed by atoms with Crippen LogP contribution in [0.5, 0.6) is 0 Å². The first-order valence-electron chi connectivity index (χ1n) is 5.32. The van der Waals surface area contributed by atoms with Gasteiger partial charge in [0.2, 0.25) is 0 Å². The van der Waals surface area contributed by atoms with Crippen LogP contribution in [0.15, 0.2) is 48.5 Å². The van der Waals surface area contributed by atoms with Crippen LogP contribution in [-0.2, 0) is 0 Å². The lowest BCUT2D eigenvalue weighted by atomic mass is 9.91. The molecule has 0 aliphatic heterocycles. The van der Waals surface area contributed by atoms with Crippen molar-refractivity contribution in [1.82, 2.24) is 0 Å². The summed E-state index contributed by atoms with van der Waals surface area (Å²) in [6.07, 6.45) is 0. The second-order valence-electron chi connectivity index (χ2n) is 3.81.